The van der Waals surface area contributed by atoms with Gasteiger partial charge in [0.25, 0.3) is 0 Å². The van der Waals surface area contributed by atoms with Crippen molar-refractivity contribution >= 4 is 23.4 Å². The maximum Gasteiger partial charge on any atom is 0.309 e. The highest BCUT2D eigenvalue weighted by atomic mass is 32.1. The summed E-state index contributed by atoms with van der Waals surface area (Å²) in [5.74, 6) is 1.51. The molecule has 4 nitrogen and oxygen atoms in total. The smallest absolute Gasteiger partial charge is 0.309 e. The molecule has 0 aliphatic carbocycles. The number of thiazole rings is 1. The van der Waals surface area contributed by atoms with Crippen LogP contribution in [-0.4, -0.2) is 28.3 Å². The summed E-state index contributed by atoms with van der Waals surface area (Å²) >= 11 is 1.61. The van der Waals surface area contributed by atoms with Crippen molar-refractivity contribution in [3.8, 4) is 0 Å². The minimum atomic E-state index is -0.674. The number of cyclic esters (lactones) is 1. The van der Waals surface area contributed by atoms with E-state index in [9.17, 15) is 9.90 Å². The summed E-state index contributed by atoms with van der Waals surface area (Å²) < 4.78 is 5.83. The topological polar surface area (TPSA) is 59.4 Å². The number of allylic oxidation sites excluding steroid dienone is 1. The number of carbonyl (C=O) groups excluding carboxylic acids is 1. The molecule has 0 aromatic carbocycles. The molecular formula is C27H47NO3S. The van der Waals surface area contributed by atoms with E-state index in [1.807, 2.05) is 32.2 Å². The van der Waals surface area contributed by atoms with Gasteiger partial charge >= 0.3 is 5.97 Å². The van der Waals surface area contributed by atoms with Crippen molar-refractivity contribution in [3.05, 3.63) is 33.8 Å². The predicted octanol–water partition coefficient (Wildman–Crippen LogP) is 7.46. The highest BCUT2D eigenvalue weighted by molar-refractivity contribution is 7.09. The minimum Gasteiger partial charge on any atom is -0.457 e. The zero-order valence-corrected chi connectivity index (χ0v) is 21.0. The van der Waals surface area contributed by atoms with E-state index >= 15 is 0 Å². The van der Waals surface area contributed by atoms with Crippen molar-refractivity contribution in [3.63, 3.8) is 0 Å². The summed E-state index contributed by atoms with van der Waals surface area (Å²) in [5, 5.41) is 13.7. The number of carbonyl (C=O) groups is 1. The molecule has 0 bridgehead atoms. The second-order valence-electron chi connectivity index (χ2n) is 9.59. The van der Waals surface area contributed by atoms with Crippen LogP contribution in [0, 0.1) is 30.6 Å². The molecule has 1 aliphatic rings. The quantitative estimate of drug-likeness (QED) is 0.363. The number of esters is 1. The van der Waals surface area contributed by atoms with Gasteiger partial charge in [-0.3, -0.25) is 4.79 Å². The third-order valence-electron chi connectivity index (χ3n) is 6.91. The molecule has 184 valence electrons. The molecule has 0 saturated carbocycles. The molecule has 0 fully saturated rings. The molecular weight excluding hydrogens is 418 g/mol. The van der Waals surface area contributed by atoms with Gasteiger partial charge in [-0.2, -0.15) is 0 Å². The summed E-state index contributed by atoms with van der Waals surface area (Å²) in [5.41, 5.74) is 1.88. The van der Waals surface area contributed by atoms with Crippen molar-refractivity contribution in [2.75, 3.05) is 0 Å². The molecule has 0 spiro atoms. The second kappa shape index (κ2) is 13.9. The van der Waals surface area contributed by atoms with E-state index in [-0.39, 0.29) is 33.3 Å². The Kier molecular flexibility index (Phi) is 12.5. The van der Waals surface area contributed by atoms with Gasteiger partial charge in [0.2, 0.25) is 0 Å². The number of hydrogen-bond acceptors (Lipinski definition) is 5. The number of rotatable bonds is 2. The molecule has 2 unspecified atom stereocenters. The van der Waals surface area contributed by atoms with Crippen LogP contribution < -0.4 is 0 Å². The van der Waals surface area contributed by atoms with Crippen LogP contribution in [0.5, 0.6) is 0 Å². The number of hydrogen-bond donors (Lipinski definition) is 1. The average Bonchev–Trinajstić information content (AvgIpc) is 3.12. The van der Waals surface area contributed by atoms with Gasteiger partial charge in [-0.15, -0.1) is 11.3 Å². The summed E-state index contributed by atoms with van der Waals surface area (Å²) in [6.45, 7) is 13.0. The van der Waals surface area contributed by atoms with Gasteiger partial charge < -0.3 is 9.84 Å². The van der Waals surface area contributed by atoms with E-state index in [4.69, 9.17) is 4.74 Å². The van der Waals surface area contributed by atoms with Crippen molar-refractivity contribution in [2.24, 2.45) is 23.7 Å². The van der Waals surface area contributed by atoms with Crippen LogP contribution in [-0.2, 0) is 9.53 Å². The van der Waals surface area contributed by atoms with Crippen molar-refractivity contribution < 1.29 is 16.1 Å². The Labute approximate surface area is 201 Å². The Hall–Kier alpha value is -1.46. The molecule has 1 aromatic rings. The summed E-state index contributed by atoms with van der Waals surface area (Å²) in [4.78, 5) is 17.1. The highest BCUT2D eigenvalue weighted by Crippen LogP contribution is 2.31. The van der Waals surface area contributed by atoms with Crippen molar-refractivity contribution in [2.45, 2.75) is 99.7 Å². The van der Waals surface area contributed by atoms with E-state index in [2.05, 4.69) is 37.9 Å². The summed E-state index contributed by atoms with van der Waals surface area (Å²) in [6, 6.07) is 0. The molecule has 1 aromatic heterocycles. The maximum absolute atomic E-state index is 12.7. The van der Waals surface area contributed by atoms with Gasteiger partial charge in [0.15, 0.2) is 0 Å². The molecule has 0 saturated heterocycles. The van der Waals surface area contributed by atoms with Crippen LogP contribution >= 0.6 is 11.3 Å². The van der Waals surface area contributed by atoms with E-state index < -0.39 is 6.10 Å². The summed E-state index contributed by atoms with van der Waals surface area (Å²) in [6.07, 6.45) is 10.4. The van der Waals surface area contributed by atoms with Crippen LogP contribution in [0.2, 0.25) is 0 Å². The summed E-state index contributed by atoms with van der Waals surface area (Å²) in [7, 11) is 0. The number of ether oxygens (including phenoxy) is 1. The lowest BCUT2D eigenvalue weighted by Gasteiger charge is -2.30. The van der Waals surface area contributed by atoms with Crippen LogP contribution in [0.25, 0.3) is 6.08 Å². The average molecular weight is 466 g/mol. The Balaban J connectivity index is 0.00000512. The third-order valence-corrected chi connectivity index (χ3v) is 7.70. The number of aliphatic hydroxyl groups is 1. The molecule has 5 heteroatoms. The van der Waals surface area contributed by atoms with Gasteiger partial charge in [-0.25, -0.2) is 4.98 Å². The molecule has 2 heterocycles. The van der Waals surface area contributed by atoms with Crippen LogP contribution in [0.3, 0.4) is 0 Å². The van der Waals surface area contributed by atoms with Crippen LogP contribution in [0.4, 0.5) is 0 Å². The zero-order valence-electron chi connectivity index (χ0n) is 20.1. The molecule has 1 aliphatic heterocycles. The van der Waals surface area contributed by atoms with Gasteiger partial charge in [0.05, 0.1) is 23.2 Å². The van der Waals surface area contributed by atoms with E-state index in [1.165, 1.54) is 12.8 Å². The van der Waals surface area contributed by atoms with Crippen LogP contribution in [0.15, 0.2) is 23.1 Å². The number of aromatic nitrogens is 1. The molecule has 0 amide bonds. The lowest BCUT2D eigenvalue weighted by molar-refractivity contribution is -0.150. The third kappa shape index (κ3) is 9.19. The molecule has 0 radical (unpaired) electrons. The lowest BCUT2D eigenvalue weighted by Crippen LogP contribution is -2.28. The molecule has 2 rings (SSSR count). The molecule has 1 N–H and O–H groups in total. The van der Waals surface area contributed by atoms with Crippen LogP contribution in [0.1, 0.15) is 92.7 Å². The van der Waals surface area contributed by atoms with Crippen molar-refractivity contribution in [1.82, 2.24) is 4.98 Å². The normalized spacial score (nSPS) is 32.6. The second-order valence-corrected chi connectivity index (χ2v) is 10.7. The molecule has 32 heavy (non-hydrogen) atoms. The van der Waals surface area contributed by atoms with E-state index in [0.29, 0.717) is 24.2 Å². The maximum atomic E-state index is 12.7. The standard InChI is InChI=1S/C26H41NO3S.CH4.H2/c1-17-11-9-7-8-10-12-25(20(4)14-23-16-31-22(6)27-23)30-26(29)15-24(28)19(3)13-18(2)21(17)5;;/h8,10,14,16-19,21,24-25,28H,7,9,11-13,15H2,1-6H3;1H4;1H/b10-8-,20-14+;;/t17-,18-,19-,21-,24?,25?;;/m0../s1. The number of aliphatic hydroxyl groups excluding tert-OH is 1. The lowest BCUT2D eigenvalue weighted by atomic mass is 9.77. The first-order chi connectivity index (χ1) is 14.7. The fourth-order valence-electron chi connectivity index (χ4n) is 4.36. The zero-order chi connectivity index (χ0) is 23.0. The van der Waals surface area contributed by atoms with Gasteiger partial charge in [0.1, 0.15) is 6.10 Å². The predicted molar refractivity (Wildman–Crippen MR) is 139 cm³/mol. The van der Waals surface area contributed by atoms with E-state index in [1.54, 1.807) is 11.3 Å². The van der Waals surface area contributed by atoms with Gasteiger partial charge in [-0.1, -0.05) is 53.7 Å². The first kappa shape index (κ1) is 28.6. The largest absolute Gasteiger partial charge is 0.457 e. The Morgan fingerprint density at radius 2 is 1.94 bits per heavy atom. The Morgan fingerprint density at radius 1 is 1.22 bits per heavy atom. The first-order valence-electron chi connectivity index (χ1n) is 11.8. The van der Waals surface area contributed by atoms with Gasteiger partial charge in [-0.05, 0) is 68.4 Å². The van der Waals surface area contributed by atoms with Crippen molar-refractivity contribution in [1.29, 1.82) is 0 Å². The van der Waals surface area contributed by atoms with E-state index in [0.717, 1.165) is 29.1 Å². The first-order valence-corrected chi connectivity index (χ1v) is 12.7. The fraction of sp³-hybridized carbons (Fsp3) is 0.704. The SMILES string of the molecule is C.C/C(=C\c1csc(C)n1)C1C/C=C\CCC[C@H](C)[C@H](C)[C@@H](C)C[C@H](C)C(O)CC(=O)O1.[HH]. The van der Waals surface area contributed by atoms with Gasteiger partial charge in [0, 0.05) is 13.2 Å². The Morgan fingerprint density at radius 3 is 2.59 bits per heavy atom. The monoisotopic (exact) mass is 465 g/mol. The molecule has 6 atom stereocenters. The fourth-order valence-corrected chi connectivity index (χ4v) is 4.93. The highest BCUT2D eigenvalue weighted by Gasteiger charge is 2.26. The number of aryl methyl sites for hydroxylation is 1. The minimum absolute atomic E-state index is 0. The Bertz CT molecular complexity index is 760. The number of nitrogens with zero attached hydrogens (tertiary/aromatic N) is 1.